The van der Waals surface area contributed by atoms with Crippen molar-refractivity contribution in [2.75, 3.05) is 45.7 Å². The Bertz CT molecular complexity index is 395. The molecular weight excluding hydrogens is 253 g/mol. The van der Waals surface area contributed by atoms with Crippen LogP contribution in [0.3, 0.4) is 0 Å². The normalized spacial score (nSPS) is 11.1. The van der Waals surface area contributed by atoms with Crippen molar-refractivity contribution in [3.63, 3.8) is 0 Å². The molecular formula is C16H28FN3. The monoisotopic (exact) mass is 281 g/mol. The lowest BCUT2D eigenvalue weighted by Gasteiger charge is -2.22. The minimum atomic E-state index is -0.149. The van der Waals surface area contributed by atoms with Crippen LogP contribution in [0.15, 0.2) is 18.2 Å². The highest BCUT2D eigenvalue weighted by Crippen LogP contribution is 2.20. The van der Waals surface area contributed by atoms with E-state index < -0.39 is 0 Å². The van der Waals surface area contributed by atoms with Crippen molar-refractivity contribution in [2.45, 2.75) is 26.3 Å². The third-order valence-electron chi connectivity index (χ3n) is 3.46. The van der Waals surface area contributed by atoms with Crippen molar-refractivity contribution in [2.24, 2.45) is 0 Å². The molecule has 3 nitrogen and oxygen atoms in total. The highest BCUT2D eigenvalue weighted by molar-refractivity contribution is 5.49. The van der Waals surface area contributed by atoms with Crippen LogP contribution in [0.4, 0.5) is 10.1 Å². The van der Waals surface area contributed by atoms with E-state index in [0.717, 1.165) is 31.7 Å². The Kier molecular flexibility index (Phi) is 7.55. The quantitative estimate of drug-likeness (QED) is 0.751. The molecule has 4 heteroatoms. The van der Waals surface area contributed by atoms with Gasteiger partial charge in [0, 0.05) is 26.7 Å². The second-order valence-corrected chi connectivity index (χ2v) is 5.40. The first-order valence-corrected chi connectivity index (χ1v) is 7.41. The number of nitrogens with one attached hydrogen (secondary N) is 1. The molecule has 1 rings (SSSR count). The molecule has 0 spiro atoms. The van der Waals surface area contributed by atoms with Gasteiger partial charge in [-0.1, -0.05) is 19.4 Å². The molecule has 0 aliphatic carbocycles. The molecule has 0 unspecified atom stereocenters. The first-order valence-electron chi connectivity index (χ1n) is 7.41. The third kappa shape index (κ3) is 5.47. The lowest BCUT2D eigenvalue weighted by molar-refractivity contribution is 0.320. The standard InChI is InChI=1S/C16H28FN3/c1-5-6-10-19(3)13-14-7-8-15(17)16(12-14)20(4)11-9-18-2/h7-8,12,18H,5-6,9-11,13H2,1-4H3. The molecule has 1 N–H and O–H groups in total. The van der Waals surface area contributed by atoms with Gasteiger partial charge in [-0.3, -0.25) is 0 Å². The summed E-state index contributed by atoms with van der Waals surface area (Å²) in [5, 5.41) is 3.09. The minimum absolute atomic E-state index is 0.149. The van der Waals surface area contributed by atoms with Crippen molar-refractivity contribution >= 4 is 5.69 Å². The van der Waals surface area contributed by atoms with E-state index in [9.17, 15) is 4.39 Å². The van der Waals surface area contributed by atoms with Gasteiger partial charge in [-0.15, -0.1) is 0 Å². The predicted molar refractivity (Wildman–Crippen MR) is 84.8 cm³/mol. The molecule has 20 heavy (non-hydrogen) atoms. The highest BCUT2D eigenvalue weighted by atomic mass is 19.1. The van der Waals surface area contributed by atoms with Crippen LogP contribution < -0.4 is 10.2 Å². The van der Waals surface area contributed by atoms with Crippen LogP contribution in [0.25, 0.3) is 0 Å². The Morgan fingerprint density at radius 3 is 2.60 bits per heavy atom. The second-order valence-electron chi connectivity index (χ2n) is 5.40. The first kappa shape index (κ1) is 16.9. The number of unbranched alkanes of at least 4 members (excludes halogenated alkanes) is 1. The predicted octanol–water partition coefficient (Wildman–Crippen LogP) is 2.71. The van der Waals surface area contributed by atoms with Gasteiger partial charge in [0.15, 0.2) is 0 Å². The van der Waals surface area contributed by atoms with E-state index >= 15 is 0 Å². The molecule has 0 radical (unpaired) electrons. The molecule has 0 aliphatic rings. The van der Waals surface area contributed by atoms with E-state index in [1.165, 1.54) is 12.8 Å². The second kappa shape index (κ2) is 8.93. The average Bonchev–Trinajstić information content (AvgIpc) is 2.44. The first-order chi connectivity index (χ1) is 9.58. The summed E-state index contributed by atoms with van der Waals surface area (Å²) < 4.78 is 13.9. The van der Waals surface area contributed by atoms with Crippen molar-refractivity contribution in [1.82, 2.24) is 10.2 Å². The molecule has 1 aromatic rings. The number of benzene rings is 1. The zero-order chi connectivity index (χ0) is 15.0. The topological polar surface area (TPSA) is 18.5 Å². The van der Waals surface area contributed by atoms with Gasteiger partial charge in [0.05, 0.1) is 5.69 Å². The van der Waals surface area contributed by atoms with Crippen LogP contribution >= 0.6 is 0 Å². The molecule has 114 valence electrons. The van der Waals surface area contributed by atoms with Crippen LogP contribution in [-0.4, -0.2) is 45.7 Å². The van der Waals surface area contributed by atoms with Crippen molar-refractivity contribution < 1.29 is 4.39 Å². The zero-order valence-corrected chi connectivity index (χ0v) is 13.2. The van der Waals surface area contributed by atoms with Gasteiger partial charge in [-0.25, -0.2) is 4.39 Å². The lowest BCUT2D eigenvalue weighted by Crippen LogP contribution is -2.28. The number of anilines is 1. The molecule has 1 aromatic carbocycles. The maximum absolute atomic E-state index is 13.9. The smallest absolute Gasteiger partial charge is 0.146 e. The van der Waals surface area contributed by atoms with Crippen molar-refractivity contribution in [3.8, 4) is 0 Å². The minimum Gasteiger partial charge on any atom is -0.371 e. The molecule has 0 heterocycles. The van der Waals surface area contributed by atoms with Crippen molar-refractivity contribution in [1.29, 1.82) is 0 Å². The van der Waals surface area contributed by atoms with Gasteiger partial charge >= 0.3 is 0 Å². The van der Waals surface area contributed by atoms with Gasteiger partial charge in [0.1, 0.15) is 5.82 Å². The number of rotatable bonds is 9. The maximum atomic E-state index is 13.9. The summed E-state index contributed by atoms with van der Waals surface area (Å²) in [4.78, 5) is 4.25. The van der Waals surface area contributed by atoms with E-state index in [2.05, 4.69) is 24.2 Å². The molecule has 0 bridgehead atoms. The Labute approximate surface area is 122 Å². The number of hydrogen-bond donors (Lipinski definition) is 1. The van der Waals surface area contributed by atoms with E-state index in [1.807, 2.05) is 31.1 Å². The Morgan fingerprint density at radius 2 is 1.95 bits per heavy atom. The summed E-state index contributed by atoms with van der Waals surface area (Å²) >= 11 is 0. The highest BCUT2D eigenvalue weighted by Gasteiger charge is 2.09. The van der Waals surface area contributed by atoms with Crippen LogP contribution in [0.1, 0.15) is 25.3 Å². The Balaban J connectivity index is 2.70. The van der Waals surface area contributed by atoms with E-state index in [4.69, 9.17) is 0 Å². The fraction of sp³-hybridized carbons (Fsp3) is 0.625. The molecule has 0 saturated heterocycles. The average molecular weight is 281 g/mol. The fourth-order valence-electron chi connectivity index (χ4n) is 2.17. The Morgan fingerprint density at radius 1 is 1.20 bits per heavy atom. The molecule has 0 aromatic heterocycles. The number of nitrogens with zero attached hydrogens (tertiary/aromatic N) is 2. The SMILES string of the molecule is CCCCN(C)Cc1ccc(F)c(N(C)CCNC)c1. The molecule has 0 fully saturated rings. The largest absolute Gasteiger partial charge is 0.371 e. The van der Waals surface area contributed by atoms with Crippen LogP contribution in [0.2, 0.25) is 0 Å². The third-order valence-corrected chi connectivity index (χ3v) is 3.46. The lowest BCUT2D eigenvalue weighted by atomic mass is 10.1. The number of hydrogen-bond acceptors (Lipinski definition) is 3. The van der Waals surface area contributed by atoms with Gasteiger partial charge < -0.3 is 15.1 Å². The maximum Gasteiger partial charge on any atom is 0.146 e. The summed E-state index contributed by atoms with van der Waals surface area (Å²) in [7, 11) is 5.95. The summed E-state index contributed by atoms with van der Waals surface area (Å²) in [5.41, 5.74) is 1.85. The zero-order valence-electron chi connectivity index (χ0n) is 13.2. The molecule has 0 aliphatic heterocycles. The summed E-state index contributed by atoms with van der Waals surface area (Å²) in [6.07, 6.45) is 2.40. The number of halogens is 1. The van der Waals surface area contributed by atoms with Crippen LogP contribution in [0, 0.1) is 5.82 Å². The van der Waals surface area contributed by atoms with Gasteiger partial charge in [-0.05, 0) is 44.8 Å². The summed E-state index contributed by atoms with van der Waals surface area (Å²) in [6, 6.07) is 5.43. The van der Waals surface area contributed by atoms with Gasteiger partial charge in [0.25, 0.3) is 0 Å². The van der Waals surface area contributed by atoms with E-state index in [1.54, 1.807) is 6.07 Å². The van der Waals surface area contributed by atoms with Crippen LogP contribution in [-0.2, 0) is 6.54 Å². The molecule has 0 saturated carbocycles. The van der Waals surface area contributed by atoms with E-state index in [0.29, 0.717) is 5.69 Å². The molecule has 0 atom stereocenters. The molecule has 0 amide bonds. The van der Waals surface area contributed by atoms with Gasteiger partial charge in [-0.2, -0.15) is 0 Å². The van der Waals surface area contributed by atoms with E-state index in [-0.39, 0.29) is 5.82 Å². The number of likely N-dealkylation sites (N-methyl/N-ethyl adjacent to an activating group) is 2. The summed E-state index contributed by atoms with van der Waals surface area (Å²) in [6.45, 7) is 5.78. The van der Waals surface area contributed by atoms with Gasteiger partial charge in [0.2, 0.25) is 0 Å². The van der Waals surface area contributed by atoms with Crippen LogP contribution in [0.5, 0.6) is 0 Å². The fourth-order valence-corrected chi connectivity index (χ4v) is 2.17. The van der Waals surface area contributed by atoms with Crippen molar-refractivity contribution in [3.05, 3.63) is 29.6 Å². The summed E-state index contributed by atoms with van der Waals surface area (Å²) in [5.74, 6) is -0.149. The Hall–Kier alpha value is -1.13.